The number of H-pyrrole nitrogens is 1. The number of rotatable bonds is 2. The van der Waals surface area contributed by atoms with Gasteiger partial charge in [-0.1, -0.05) is 19.3 Å². The van der Waals surface area contributed by atoms with Crippen molar-refractivity contribution in [2.24, 2.45) is 5.73 Å². The van der Waals surface area contributed by atoms with Gasteiger partial charge in [0, 0.05) is 24.1 Å². The Balaban J connectivity index is 1.89. The number of aromatic nitrogens is 2. The van der Waals surface area contributed by atoms with Crippen molar-refractivity contribution in [3.63, 3.8) is 0 Å². The van der Waals surface area contributed by atoms with Crippen LogP contribution in [-0.2, 0) is 6.42 Å². The number of halogens is 2. The van der Waals surface area contributed by atoms with Crippen LogP contribution in [0.5, 0.6) is 0 Å². The predicted octanol–water partition coefficient (Wildman–Crippen LogP) is 3.05. The zero-order chi connectivity index (χ0) is 13.5. The maximum Gasteiger partial charge on any atom is 0.161 e. The first-order chi connectivity index (χ1) is 9.06. The molecule has 0 bridgehead atoms. The van der Waals surface area contributed by atoms with Crippen LogP contribution in [0.3, 0.4) is 0 Å². The van der Waals surface area contributed by atoms with E-state index in [1.807, 2.05) is 0 Å². The van der Waals surface area contributed by atoms with Gasteiger partial charge in [0.15, 0.2) is 11.6 Å². The summed E-state index contributed by atoms with van der Waals surface area (Å²) in [5.74, 6) is -1.02. The Bertz CT molecular complexity index is 561. The standard InChI is InChI=1S/C14H17F2N3/c15-9-6-11-12(7-10(9)16)19-13(18-11)8-14(17)4-2-1-3-5-14/h6-7H,1-5,8,17H2,(H,18,19). The molecule has 3 nitrogen and oxygen atoms in total. The number of hydrogen-bond donors (Lipinski definition) is 2. The van der Waals surface area contributed by atoms with E-state index in [4.69, 9.17) is 5.73 Å². The monoisotopic (exact) mass is 265 g/mol. The molecule has 1 fully saturated rings. The summed E-state index contributed by atoms with van der Waals surface area (Å²) in [6, 6.07) is 2.26. The van der Waals surface area contributed by atoms with Gasteiger partial charge >= 0.3 is 0 Å². The van der Waals surface area contributed by atoms with Crippen LogP contribution >= 0.6 is 0 Å². The summed E-state index contributed by atoms with van der Waals surface area (Å²) in [7, 11) is 0. The average molecular weight is 265 g/mol. The number of hydrogen-bond acceptors (Lipinski definition) is 2. The van der Waals surface area contributed by atoms with E-state index in [2.05, 4.69) is 9.97 Å². The van der Waals surface area contributed by atoms with Crippen LogP contribution < -0.4 is 5.73 Å². The van der Waals surface area contributed by atoms with E-state index in [1.54, 1.807) is 0 Å². The zero-order valence-corrected chi connectivity index (χ0v) is 10.7. The SMILES string of the molecule is NC1(Cc2nc3cc(F)c(F)cc3[nH]2)CCCCC1. The molecule has 1 heterocycles. The number of fused-ring (bicyclic) bond motifs is 1. The lowest BCUT2D eigenvalue weighted by Gasteiger charge is -2.32. The van der Waals surface area contributed by atoms with E-state index in [9.17, 15) is 8.78 Å². The minimum absolute atomic E-state index is 0.233. The molecule has 0 radical (unpaired) electrons. The third-order valence-electron chi connectivity index (χ3n) is 3.94. The van der Waals surface area contributed by atoms with Crippen LogP contribution in [0.1, 0.15) is 37.9 Å². The normalized spacial score (nSPS) is 18.9. The lowest BCUT2D eigenvalue weighted by molar-refractivity contribution is 0.290. The van der Waals surface area contributed by atoms with Crippen molar-refractivity contribution >= 4 is 11.0 Å². The fraction of sp³-hybridized carbons (Fsp3) is 0.500. The summed E-state index contributed by atoms with van der Waals surface area (Å²) in [4.78, 5) is 7.35. The highest BCUT2D eigenvalue weighted by Gasteiger charge is 2.28. The molecule has 1 aliphatic rings. The van der Waals surface area contributed by atoms with Crippen LogP contribution in [0.2, 0.25) is 0 Å². The maximum absolute atomic E-state index is 13.1. The van der Waals surface area contributed by atoms with Gasteiger partial charge in [-0.2, -0.15) is 0 Å². The fourth-order valence-electron chi connectivity index (χ4n) is 2.91. The van der Waals surface area contributed by atoms with Crippen molar-refractivity contribution in [3.05, 3.63) is 29.6 Å². The van der Waals surface area contributed by atoms with E-state index in [0.29, 0.717) is 23.3 Å². The molecule has 0 unspecified atom stereocenters. The van der Waals surface area contributed by atoms with Gasteiger partial charge in [0.05, 0.1) is 11.0 Å². The number of nitrogens with two attached hydrogens (primary N) is 1. The highest BCUT2D eigenvalue weighted by molar-refractivity contribution is 5.75. The maximum atomic E-state index is 13.1. The molecule has 1 aromatic carbocycles. The average Bonchev–Trinajstić information content (AvgIpc) is 2.71. The summed E-state index contributed by atoms with van der Waals surface area (Å²) < 4.78 is 26.3. The van der Waals surface area contributed by atoms with Gasteiger partial charge in [-0.05, 0) is 12.8 Å². The number of aromatic amines is 1. The van der Waals surface area contributed by atoms with Crippen LogP contribution in [0.15, 0.2) is 12.1 Å². The molecule has 102 valence electrons. The minimum atomic E-state index is -0.870. The van der Waals surface area contributed by atoms with E-state index >= 15 is 0 Å². The van der Waals surface area contributed by atoms with Gasteiger partial charge in [-0.15, -0.1) is 0 Å². The third-order valence-corrected chi connectivity index (χ3v) is 3.94. The molecule has 0 spiro atoms. The summed E-state index contributed by atoms with van der Waals surface area (Å²) in [6.45, 7) is 0. The van der Waals surface area contributed by atoms with Crippen molar-refractivity contribution < 1.29 is 8.78 Å². The number of imidazole rings is 1. The molecule has 0 saturated heterocycles. The first-order valence-corrected chi connectivity index (χ1v) is 6.68. The van der Waals surface area contributed by atoms with E-state index in [1.165, 1.54) is 6.42 Å². The molecule has 3 rings (SSSR count). The minimum Gasteiger partial charge on any atom is -0.342 e. The Kier molecular flexibility index (Phi) is 3.01. The highest BCUT2D eigenvalue weighted by Crippen LogP contribution is 2.29. The number of benzene rings is 1. The second-order valence-electron chi connectivity index (χ2n) is 5.57. The van der Waals surface area contributed by atoms with Gasteiger partial charge in [-0.25, -0.2) is 13.8 Å². The second kappa shape index (κ2) is 4.56. The number of nitrogens with zero attached hydrogens (tertiary/aromatic N) is 1. The fourth-order valence-corrected chi connectivity index (χ4v) is 2.91. The lowest BCUT2D eigenvalue weighted by atomic mass is 9.80. The summed E-state index contributed by atoms with van der Waals surface area (Å²) in [5.41, 5.74) is 7.11. The van der Waals surface area contributed by atoms with Crippen molar-refractivity contribution in [3.8, 4) is 0 Å². The van der Waals surface area contributed by atoms with Crippen molar-refractivity contribution in [2.75, 3.05) is 0 Å². The van der Waals surface area contributed by atoms with Gasteiger partial charge in [0.25, 0.3) is 0 Å². The Morgan fingerprint density at radius 3 is 2.58 bits per heavy atom. The number of nitrogens with one attached hydrogen (secondary N) is 1. The molecule has 0 aliphatic heterocycles. The first-order valence-electron chi connectivity index (χ1n) is 6.68. The van der Waals surface area contributed by atoms with Crippen LogP contribution in [0.25, 0.3) is 11.0 Å². The van der Waals surface area contributed by atoms with E-state index in [0.717, 1.165) is 37.8 Å². The predicted molar refractivity (Wildman–Crippen MR) is 69.7 cm³/mol. The molecule has 0 amide bonds. The summed E-state index contributed by atoms with van der Waals surface area (Å²) in [5, 5.41) is 0. The van der Waals surface area contributed by atoms with Crippen molar-refractivity contribution in [2.45, 2.75) is 44.1 Å². The molecule has 2 aromatic rings. The van der Waals surface area contributed by atoms with E-state index < -0.39 is 11.6 Å². The van der Waals surface area contributed by atoms with Gasteiger partial charge < -0.3 is 10.7 Å². The quantitative estimate of drug-likeness (QED) is 0.876. The lowest BCUT2D eigenvalue weighted by Crippen LogP contribution is -2.44. The van der Waals surface area contributed by atoms with E-state index in [-0.39, 0.29) is 5.54 Å². The first kappa shape index (κ1) is 12.5. The van der Waals surface area contributed by atoms with Gasteiger partial charge in [-0.3, -0.25) is 0 Å². The Morgan fingerprint density at radius 2 is 1.84 bits per heavy atom. The van der Waals surface area contributed by atoms with Gasteiger partial charge in [0.2, 0.25) is 0 Å². The van der Waals surface area contributed by atoms with Crippen molar-refractivity contribution in [1.29, 1.82) is 0 Å². The van der Waals surface area contributed by atoms with Crippen LogP contribution in [0.4, 0.5) is 8.78 Å². The molecular formula is C14H17F2N3. The Morgan fingerprint density at radius 1 is 1.16 bits per heavy atom. The molecule has 19 heavy (non-hydrogen) atoms. The second-order valence-corrected chi connectivity index (χ2v) is 5.57. The summed E-state index contributed by atoms with van der Waals surface area (Å²) >= 11 is 0. The zero-order valence-electron chi connectivity index (χ0n) is 10.7. The third kappa shape index (κ3) is 2.47. The van der Waals surface area contributed by atoms with Crippen LogP contribution in [0, 0.1) is 11.6 Å². The molecular weight excluding hydrogens is 248 g/mol. The van der Waals surface area contributed by atoms with Gasteiger partial charge in [0.1, 0.15) is 5.82 Å². The Labute approximate surface area is 110 Å². The highest BCUT2D eigenvalue weighted by atomic mass is 19.2. The van der Waals surface area contributed by atoms with Crippen LogP contribution in [-0.4, -0.2) is 15.5 Å². The summed E-state index contributed by atoms with van der Waals surface area (Å²) in [6.07, 6.45) is 6.10. The molecule has 0 atom stereocenters. The largest absolute Gasteiger partial charge is 0.342 e. The smallest absolute Gasteiger partial charge is 0.161 e. The molecule has 1 aromatic heterocycles. The molecule has 3 N–H and O–H groups in total. The van der Waals surface area contributed by atoms with Crippen molar-refractivity contribution in [1.82, 2.24) is 9.97 Å². The molecule has 5 heteroatoms. The topological polar surface area (TPSA) is 54.7 Å². The molecule has 1 saturated carbocycles. The molecule has 1 aliphatic carbocycles. The Hall–Kier alpha value is -1.49.